The van der Waals surface area contributed by atoms with Gasteiger partial charge in [-0.05, 0) is 64.4 Å². The van der Waals surface area contributed by atoms with Crippen molar-refractivity contribution in [3.05, 3.63) is 40.5 Å². The minimum absolute atomic E-state index is 0.727. The summed E-state index contributed by atoms with van der Waals surface area (Å²) in [7, 11) is 0. The van der Waals surface area contributed by atoms with Crippen molar-refractivity contribution in [1.82, 2.24) is 15.0 Å². The number of fused-ring (bicyclic) bond motifs is 1. The zero-order chi connectivity index (χ0) is 13.4. The number of imidazole rings is 1. The fourth-order valence-electron chi connectivity index (χ4n) is 1.72. The second kappa shape index (κ2) is 4.86. The van der Waals surface area contributed by atoms with Crippen molar-refractivity contribution in [3.8, 4) is 0 Å². The highest BCUT2D eigenvalue weighted by molar-refractivity contribution is 9.10. The zero-order valence-electron chi connectivity index (χ0n) is 10.1. The second-order valence-electron chi connectivity index (χ2n) is 4.19. The molecule has 2 aromatic heterocycles. The number of aromatic nitrogens is 3. The summed E-state index contributed by atoms with van der Waals surface area (Å²) >= 11 is 4.94. The summed E-state index contributed by atoms with van der Waals surface area (Å²) in [5, 5.41) is 1.72. The molecule has 2 heterocycles. The number of nitrogens with zero attached hydrogens (tertiary/aromatic N) is 2. The Hall–Kier alpha value is -1.53. The van der Waals surface area contributed by atoms with E-state index in [0.717, 1.165) is 36.9 Å². The number of hydrogen-bond donors (Lipinski definition) is 2. The van der Waals surface area contributed by atoms with E-state index in [-0.39, 0.29) is 0 Å². The molecule has 0 unspecified atom stereocenters. The largest absolute Gasteiger partial charge is 0.399 e. The number of nitrogens with one attached hydrogen (secondary N) is 1. The first-order valence-electron chi connectivity index (χ1n) is 5.67. The molecule has 0 aliphatic rings. The number of nitrogens with two attached hydrogens (primary N) is 1. The van der Waals surface area contributed by atoms with Gasteiger partial charge in [-0.2, -0.15) is 0 Å². The number of hydrogen-bond acceptors (Lipinski definition) is 4. The van der Waals surface area contributed by atoms with Gasteiger partial charge in [-0.15, -0.1) is 0 Å². The van der Waals surface area contributed by atoms with Gasteiger partial charge in [0.05, 0.1) is 11.0 Å². The molecule has 0 aliphatic heterocycles. The number of aromatic amines is 1. The monoisotopic (exact) mass is 334 g/mol. The van der Waals surface area contributed by atoms with Crippen molar-refractivity contribution < 1.29 is 0 Å². The molecular weight excluding hydrogens is 324 g/mol. The van der Waals surface area contributed by atoms with E-state index in [4.69, 9.17) is 5.73 Å². The van der Waals surface area contributed by atoms with Crippen LogP contribution in [0.4, 0.5) is 5.69 Å². The van der Waals surface area contributed by atoms with Crippen LogP contribution in [0, 0.1) is 6.92 Å². The maximum Gasteiger partial charge on any atom is 0.172 e. The lowest BCUT2D eigenvalue weighted by atomic mass is 10.3. The zero-order valence-corrected chi connectivity index (χ0v) is 12.5. The highest BCUT2D eigenvalue weighted by Gasteiger charge is 2.07. The topological polar surface area (TPSA) is 67.6 Å². The number of halogens is 1. The normalized spacial score (nSPS) is 11.1. The van der Waals surface area contributed by atoms with E-state index < -0.39 is 0 Å². The van der Waals surface area contributed by atoms with Gasteiger partial charge < -0.3 is 10.7 Å². The molecule has 3 rings (SSSR count). The molecule has 0 saturated carbocycles. The number of benzene rings is 1. The lowest BCUT2D eigenvalue weighted by Gasteiger charge is -2.00. The standard InChI is InChI=1S/C13H11BrN4S/c1-7-4-12(16-6-9(7)14)19-13-17-10-3-2-8(15)5-11(10)18-13/h2-6H,15H2,1H3,(H,17,18). The molecule has 3 N–H and O–H groups in total. The Kier molecular flexibility index (Phi) is 3.20. The summed E-state index contributed by atoms with van der Waals surface area (Å²) in [6, 6.07) is 7.66. The Morgan fingerprint density at radius 2 is 2.16 bits per heavy atom. The van der Waals surface area contributed by atoms with E-state index in [1.807, 2.05) is 31.2 Å². The third-order valence-corrected chi connectivity index (χ3v) is 4.36. The Bertz CT molecular complexity index is 753. The van der Waals surface area contributed by atoms with Gasteiger partial charge in [0.15, 0.2) is 5.16 Å². The Balaban J connectivity index is 1.94. The van der Waals surface area contributed by atoms with Crippen molar-refractivity contribution in [2.75, 3.05) is 5.73 Å². The first kappa shape index (κ1) is 12.5. The molecule has 96 valence electrons. The Labute approximate surface area is 123 Å². The molecule has 0 bridgehead atoms. The van der Waals surface area contributed by atoms with Crippen LogP contribution < -0.4 is 5.73 Å². The van der Waals surface area contributed by atoms with Crippen LogP contribution in [-0.4, -0.2) is 15.0 Å². The van der Waals surface area contributed by atoms with E-state index in [9.17, 15) is 0 Å². The van der Waals surface area contributed by atoms with Gasteiger partial charge >= 0.3 is 0 Å². The third kappa shape index (κ3) is 2.59. The van der Waals surface area contributed by atoms with Crippen molar-refractivity contribution in [1.29, 1.82) is 0 Å². The van der Waals surface area contributed by atoms with Gasteiger partial charge in [-0.3, -0.25) is 0 Å². The average molecular weight is 335 g/mol. The van der Waals surface area contributed by atoms with Crippen LogP contribution in [0.3, 0.4) is 0 Å². The van der Waals surface area contributed by atoms with Crippen LogP contribution in [0.25, 0.3) is 11.0 Å². The Morgan fingerprint density at radius 1 is 1.32 bits per heavy atom. The smallest absolute Gasteiger partial charge is 0.172 e. The van der Waals surface area contributed by atoms with E-state index in [1.165, 1.54) is 11.8 Å². The second-order valence-corrected chi connectivity index (χ2v) is 6.06. The lowest BCUT2D eigenvalue weighted by Crippen LogP contribution is -1.84. The molecule has 0 spiro atoms. The number of H-pyrrole nitrogens is 1. The van der Waals surface area contributed by atoms with Crippen LogP contribution in [0.2, 0.25) is 0 Å². The van der Waals surface area contributed by atoms with Crippen LogP contribution in [0.5, 0.6) is 0 Å². The number of nitrogen functional groups attached to an aromatic ring is 1. The molecular formula is C13H11BrN4S. The predicted octanol–water partition coefficient (Wildman–Crippen LogP) is 3.76. The summed E-state index contributed by atoms with van der Waals surface area (Å²) < 4.78 is 1.01. The molecule has 6 heteroatoms. The molecule has 4 nitrogen and oxygen atoms in total. The maximum atomic E-state index is 5.75. The van der Waals surface area contributed by atoms with E-state index in [1.54, 1.807) is 6.20 Å². The fraction of sp³-hybridized carbons (Fsp3) is 0.0769. The summed E-state index contributed by atoms with van der Waals surface area (Å²) in [5.74, 6) is 0. The molecule has 0 fully saturated rings. The van der Waals surface area contributed by atoms with Gasteiger partial charge in [-0.25, -0.2) is 9.97 Å². The van der Waals surface area contributed by atoms with Crippen molar-refractivity contribution >= 4 is 44.4 Å². The molecule has 0 saturated heterocycles. The van der Waals surface area contributed by atoms with E-state index in [2.05, 4.69) is 30.9 Å². The highest BCUT2D eigenvalue weighted by atomic mass is 79.9. The van der Waals surface area contributed by atoms with Crippen LogP contribution in [0.15, 0.2) is 45.1 Å². The van der Waals surface area contributed by atoms with Gasteiger partial charge in [0.1, 0.15) is 5.03 Å². The SMILES string of the molecule is Cc1cc(Sc2nc3ccc(N)cc3[nH]2)ncc1Br. The molecule has 0 radical (unpaired) electrons. The third-order valence-electron chi connectivity index (χ3n) is 2.71. The maximum absolute atomic E-state index is 5.75. The Morgan fingerprint density at radius 3 is 2.95 bits per heavy atom. The first-order chi connectivity index (χ1) is 9.11. The summed E-state index contributed by atoms with van der Waals surface area (Å²) in [4.78, 5) is 12.1. The molecule has 0 atom stereocenters. The molecule has 3 aromatic rings. The van der Waals surface area contributed by atoms with Crippen molar-refractivity contribution in [2.45, 2.75) is 17.1 Å². The van der Waals surface area contributed by atoms with Crippen LogP contribution in [0.1, 0.15) is 5.56 Å². The average Bonchev–Trinajstić information content (AvgIpc) is 2.75. The summed E-state index contributed by atoms with van der Waals surface area (Å²) in [6.07, 6.45) is 1.80. The van der Waals surface area contributed by atoms with Gasteiger partial charge in [0.25, 0.3) is 0 Å². The summed E-state index contributed by atoms with van der Waals surface area (Å²) in [6.45, 7) is 2.04. The van der Waals surface area contributed by atoms with E-state index in [0.29, 0.717) is 0 Å². The fourth-order valence-corrected chi connectivity index (χ4v) is 2.78. The molecule has 19 heavy (non-hydrogen) atoms. The molecule has 0 amide bonds. The minimum Gasteiger partial charge on any atom is -0.399 e. The first-order valence-corrected chi connectivity index (χ1v) is 7.28. The van der Waals surface area contributed by atoms with Gasteiger partial charge in [0, 0.05) is 16.4 Å². The van der Waals surface area contributed by atoms with Gasteiger partial charge in [0.2, 0.25) is 0 Å². The van der Waals surface area contributed by atoms with Crippen molar-refractivity contribution in [2.24, 2.45) is 0 Å². The molecule has 1 aromatic carbocycles. The minimum atomic E-state index is 0.727. The number of pyridine rings is 1. The highest BCUT2D eigenvalue weighted by Crippen LogP contribution is 2.28. The predicted molar refractivity (Wildman–Crippen MR) is 81.3 cm³/mol. The number of rotatable bonds is 2. The molecule has 0 aliphatic carbocycles. The summed E-state index contributed by atoms with van der Waals surface area (Å²) in [5.41, 5.74) is 9.48. The number of aryl methyl sites for hydroxylation is 1. The quantitative estimate of drug-likeness (QED) is 0.700. The number of anilines is 1. The van der Waals surface area contributed by atoms with Crippen molar-refractivity contribution in [3.63, 3.8) is 0 Å². The lowest BCUT2D eigenvalue weighted by molar-refractivity contribution is 1.05. The van der Waals surface area contributed by atoms with Gasteiger partial charge in [-0.1, -0.05) is 0 Å². The van der Waals surface area contributed by atoms with Crippen LogP contribution in [-0.2, 0) is 0 Å². The van der Waals surface area contributed by atoms with E-state index >= 15 is 0 Å². The van der Waals surface area contributed by atoms with Crippen LogP contribution >= 0.6 is 27.7 Å².